The van der Waals surface area contributed by atoms with Crippen molar-refractivity contribution in [3.63, 3.8) is 0 Å². The highest BCUT2D eigenvalue weighted by Gasteiger charge is 2.16. The fourth-order valence-electron chi connectivity index (χ4n) is 2.61. The number of thiazole rings is 1. The van der Waals surface area contributed by atoms with Crippen LogP contribution < -0.4 is 15.4 Å². The van der Waals surface area contributed by atoms with Crippen molar-refractivity contribution in [3.8, 4) is 16.3 Å². The number of nitrogens with one attached hydrogen (secondary N) is 2. The minimum Gasteiger partial charge on any atom is -0.497 e. The molecular formula is C22H20ClN3O5S. The summed E-state index contributed by atoms with van der Waals surface area (Å²) in [6, 6.07) is 12.4. The number of aromatic nitrogens is 1. The first-order valence-corrected chi connectivity index (χ1v) is 10.7. The summed E-state index contributed by atoms with van der Waals surface area (Å²) in [4.78, 5) is 40.4. The van der Waals surface area contributed by atoms with Crippen molar-refractivity contribution in [2.24, 2.45) is 0 Å². The van der Waals surface area contributed by atoms with Gasteiger partial charge in [-0.1, -0.05) is 17.7 Å². The van der Waals surface area contributed by atoms with Gasteiger partial charge in [-0.05, 0) is 48.9 Å². The van der Waals surface area contributed by atoms with E-state index in [1.807, 2.05) is 12.1 Å². The lowest BCUT2D eigenvalue weighted by Crippen LogP contribution is -2.35. The van der Waals surface area contributed by atoms with Crippen LogP contribution in [0.15, 0.2) is 47.8 Å². The molecule has 0 atom stereocenters. The van der Waals surface area contributed by atoms with Crippen molar-refractivity contribution in [1.29, 1.82) is 0 Å². The van der Waals surface area contributed by atoms with Crippen LogP contribution in [0.25, 0.3) is 10.6 Å². The monoisotopic (exact) mass is 473 g/mol. The smallest absolute Gasteiger partial charge is 0.358 e. The van der Waals surface area contributed by atoms with Crippen LogP contribution in [0.2, 0.25) is 5.02 Å². The summed E-state index contributed by atoms with van der Waals surface area (Å²) in [5.74, 6) is -1.05. The van der Waals surface area contributed by atoms with Crippen LogP contribution in [0.1, 0.15) is 16.1 Å². The minimum absolute atomic E-state index is 0.0998. The molecule has 2 amide bonds. The maximum absolute atomic E-state index is 12.2. The van der Waals surface area contributed by atoms with Crippen molar-refractivity contribution in [2.45, 2.75) is 6.92 Å². The predicted octanol–water partition coefficient (Wildman–Crippen LogP) is 3.69. The van der Waals surface area contributed by atoms with Crippen LogP contribution in [0.4, 0.5) is 5.69 Å². The van der Waals surface area contributed by atoms with E-state index >= 15 is 0 Å². The lowest BCUT2D eigenvalue weighted by atomic mass is 10.2. The first kappa shape index (κ1) is 23.2. The fraction of sp³-hybridized carbons (Fsp3) is 0.182. The lowest BCUT2D eigenvalue weighted by Gasteiger charge is -2.10. The number of rotatable bonds is 8. The second-order valence-electron chi connectivity index (χ2n) is 6.58. The van der Waals surface area contributed by atoms with Gasteiger partial charge < -0.3 is 20.1 Å². The third-order valence-corrected chi connectivity index (χ3v) is 5.67. The Labute approximate surface area is 193 Å². The van der Waals surface area contributed by atoms with Crippen LogP contribution in [-0.4, -0.2) is 43.0 Å². The van der Waals surface area contributed by atoms with Gasteiger partial charge in [0.1, 0.15) is 10.8 Å². The van der Waals surface area contributed by atoms with E-state index in [0.29, 0.717) is 21.5 Å². The average molecular weight is 474 g/mol. The number of nitrogens with zero attached hydrogens (tertiary/aromatic N) is 1. The van der Waals surface area contributed by atoms with E-state index in [-0.39, 0.29) is 12.2 Å². The number of benzene rings is 2. The molecule has 166 valence electrons. The van der Waals surface area contributed by atoms with Gasteiger partial charge in [-0.15, -0.1) is 11.3 Å². The van der Waals surface area contributed by atoms with Crippen molar-refractivity contribution in [3.05, 3.63) is 64.1 Å². The number of amides is 2. The Bertz CT molecular complexity index is 1130. The highest BCUT2D eigenvalue weighted by molar-refractivity contribution is 7.13. The molecule has 0 fully saturated rings. The predicted molar refractivity (Wildman–Crippen MR) is 122 cm³/mol. The molecule has 10 heteroatoms. The molecule has 0 aliphatic carbocycles. The molecule has 32 heavy (non-hydrogen) atoms. The molecule has 3 rings (SSSR count). The number of anilines is 1. The number of carbonyl (C=O) groups is 3. The SMILES string of the molecule is COc1ccc(-c2nc(C(=O)OCC(=O)NCC(=O)Nc3cccc(Cl)c3C)cs2)cc1. The zero-order valence-corrected chi connectivity index (χ0v) is 18.9. The van der Waals surface area contributed by atoms with Gasteiger partial charge in [-0.3, -0.25) is 9.59 Å². The number of methoxy groups -OCH3 is 1. The molecule has 8 nitrogen and oxygen atoms in total. The zero-order chi connectivity index (χ0) is 23.1. The lowest BCUT2D eigenvalue weighted by molar-refractivity contribution is -0.126. The van der Waals surface area contributed by atoms with Gasteiger partial charge >= 0.3 is 5.97 Å². The van der Waals surface area contributed by atoms with E-state index in [9.17, 15) is 14.4 Å². The van der Waals surface area contributed by atoms with E-state index in [1.165, 1.54) is 11.3 Å². The highest BCUT2D eigenvalue weighted by Crippen LogP contribution is 2.26. The Morgan fingerprint density at radius 2 is 1.84 bits per heavy atom. The van der Waals surface area contributed by atoms with Crippen LogP contribution >= 0.6 is 22.9 Å². The van der Waals surface area contributed by atoms with Gasteiger partial charge in [-0.2, -0.15) is 0 Å². The molecule has 2 N–H and O–H groups in total. The largest absolute Gasteiger partial charge is 0.497 e. The third-order valence-electron chi connectivity index (χ3n) is 4.37. The van der Waals surface area contributed by atoms with E-state index in [1.54, 1.807) is 49.7 Å². The van der Waals surface area contributed by atoms with E-state index < -0.39 is 24.4 Å². The summed E-state index contributed by atoms with van der Waals surface area (Å²) < 4.78 is 10.1. The van der Waals surface area contributed by atoms with Crippen molar-refractivity contribution >= 4 is 46.4 Å². The summed E-state index contributed by atoms with van der Waals surface area (Å²) in [7, 11) is 1.58. The number of hydrogen-bond donors (Lipinski definition) is 2. The standard InChI is InChI=1S/C22H20ClN3O5S/c1-13-16(23)4-3-5-17(13)25-19(27)10-24-20(28)11-31-22(29)18-12-32-21(26-18)14-6-8-15(30-2)9-7-14/h3-9,12H,10-11H2,1-2H3,(H,24,28)(H,25,27). The summed E-state index contributed by atoms with van der Waals surface area (Å²) in [5, 5.41) is 7.77. The highest BCUT2D eigenvalue weighted by atomic mass is 35.5. The normalized spacial score (nSPS) is 10.3. The zero-order valence-electron chi connectivity index (χ0n) is 17.3. The number of carbonyl (C=O) groups excluding carboxylic acids is 3. The van der Waals surface area contributed by atoms with E-state index in [4.69, 9.17) is 21.1 Å². The van der Waals surface area contributed by atoms with Crippen LogP contribution in [0.5, 0.6) is 5.75 Å². The van der Waals surface area contributed by atoms with Gasteiger partial charge in [0.15, 0.2) is 12.3 Å². The molecule has 0 radical (unpaired) electrons. The van der Waals surface area contributed by atoms with Gasteiger partial charge in [0.25, 0.3) is 5.91 Å². The van der Waals surface area contributed by atoms with Gasteiger partial charge in [0.05, 0.1) is 13.7 Å². The van der Waals surface area contributed by atoms with Crippen LogP contribution in [0, 0.1) is 6.92 Å². The van der Waals surface area contributed by atoms with Crippen molar-refractivity contribution < 1.29 is 23.9 Å². The maximum Gasteiger partial charge on any atom is 0.358 e. The summed E-state index contributed by atoms with van der Waals surface area (Å²) in [6.45, 7) is 0.965. The Balaban J connectivity index is 1.45. The van der Waals surface area contributed by atoms with Crippen LogP contribution in [0.3, 0.4) is 0 Å². The summed E-state index contributed by atoms with van der Waals surface area (Å²) in [6.07, 6.45) is 0. The van der Waals surface area contributed by atoms with Crippen molar-refractivity contribution in [1.82, 2.24) is 10.3 Å². The van der Waals surface area contributed by atoms with Gasteiger partial charge in [-0.25, -0.2) is 9.78 Å². The fourth-order valence-corrected chi connectivity index (χ4v) is 3.58. The Kier molecular flexibility index (Phi) is 7.80. The quantitative estimate of drug-likeness (QED) is 0.483. The Hall–Kier alpha value is -3.43. The molecule has 3 aromatic rings. The van der Waals surface area contributed by atoms with Crippen LogP contribution in [-0.2, 0) is 14.3 Å². The van der Waals surface area contributed by atoms with Gasteiger partial charge in [0.2, 0.25) is 5.91 Å². The number of ether oxygens (including phenoxy) is 2. The summed E-state index contributed by atoms with van der Waals surface area (Å²) in [5.41, 5.74) is 2.20. The number of hydrogen-bond acceptors (Lipinski definition) is 7. The first-order chi connectivity index (χ1) is 15.4. The molecule has 0 saturated heterocycles. The third kappa shape index (κ3) is 6.05. The molecule has 0 aliphatic heterocycles. The maximum atomic E-state index is 12.2. The Morgan fingerprint density at radius 1 is 1.09 bits per heavy atom. The van der Waals surface area contributed by atoms with E-state index in [2.05, 4.69) is 15.6 Å². The molecule has 0 spiro atoms. The van der Waals surface area contributed by atoms with Gasteiger partial charge in [0, 0.05) is 21.7 Å². The molecule has 1 heterocycles. The molecule has 2 aromatic carbocycles. The molecule has 0 bridgehead atoms. The van der Waals surface area contributed by atoms with Crippen molar-refractivity contribution in [2.75, 3.05) is 25.6 Å². The number of esters is 1. The molecule has 0 saturated carbocycles. The van der Waals surface area contributed by atoms with E-state index in [0.717, 1.165) is 11.1 Å². The average Bonchev–Trinajstić information content (AvgIpc) is 3.29. The molecule has 1 aromatic heterocycles. The second-order valence-corrected chi connectivity index (χ2v) is 7.85. The minimum atomic E-state index is -0.727. The molecular weight excluding hydrogens is 454 g/mol. The summed E-state index contributed by atoms with van der Waals surface area (Å²) >= 11 is 7.30. The first-order valence-electron chi connectivity index (χ1n) is 9.46. The topological polar surface area (TPSA) is 107 Å². The second kappa shape index (κ2) is 10.7. The molecule has 0 aliphatic rings. The number of halogens is 1. The Morgan fingerprint density at radius 3 is 2.56 bits per heavy atom. The molecule has 0 unspecified atom stereocenters.